The highest BCUT2D eigenvalue weighted by molar-refractivity contribution is 5.88. The number of pyridine rings is 1. The fourth-order valence-corrected chi connectivity index (χ4v) is 4.10. The van der Waals surface area contributed by atoms with Gasteiger partial charge in [-0.05, 0) is 42.8 Å². The van der Waals surface area contributed by atoms with E-state index in [1.807, 2.05) is 18.2 Å². The molecule has 3 aromatic heterocycles. The number of fused-ring (bicyclic) bond motifs is 3. The van der Waals surface area contributed by atoms with E-state index in [0.717, 1.165) is 35.1 Å². The van der Waals surface area contributed by atoms with Crippen molar-refractivity contribution in [2.75, 3.05) is 5.32 Å². The highest BCUT2D eigenvalue weighted by Crippen LogP contribution is 2.37. The standard InChI is InChI=1S/C22H19N5O4/c1-12(28)24-19-5-3-15(11-23-19)22-25-21(26-31-22)14-2-4-17-16(8-14)9-18-13(10-20(29)30)6-7-27(17)18/h2-5,8-9,11,13H,6-7,10H2,1H3,(H,29,30)(H,23,24,28). The molecule has 156 valence electrons. The Kier molecular flexibility index (Phi) is 4.50. The lowest BCUT2D eigenvalue weighted by Crippen LogP contribution is -2.06. The number of aromatic nitrogens is 4. The zero-order chi connectivity index (χ0) is 21.5. The Morgan fingerprint density at radius 2 is 2.06 bits per heavy atom. The average Bonchev–Trinajstić information content (AvgIpc) is 3.44. The zero-order valence-corrected chi connectivity index (χ0v) is 16.7. The first-order chi connectivity index (χ1) is 15.0. The summed E-state index contributed by atoms with van der Waals surface area (Å²) in [7, 11) is 0. The SMILES string of the molecule is CC(=O)Nc1ccc(-c2nc(-c3ccc4c(c3)cc3n4CCC3CC(=O)O)no2)cn1. The molecule has 0 bridgehead atoms. The van der Waals surface area contributed by atoms with E-state index in [9.17, 15) is 9.59 Å². The lowest BCUT2D eigenvalue weighted by molar-refractivity contribution is -0.137. The van der Waals surface area contributed by atoms with Crippen LogP contribution in [0.2, 0.25) is 0 Å². The van der Waals surface area contributed by atoms with Gasteiger partial charge in [-0.15, -0.1) is 0 Å². The number of rotatable bonds is 5. The molecule has 0 saturated heterocycles. The molecule has 4 heterocycles. The third-order valence-corrected chi connectivity index (χ3v) is 5.47. The molecule has 1 unspecified atom stereocenters. The summed E-state index contributed by atoms with van der Waals surface area (Å²) in [4.78, 5) is 30.9. The van der Waals surface area contributed by atoms with Crippen molar-refractivity contribution in [1.82, 2.24) is 19.7 Å². The van der Waals surface area contributed by atoms with Crippen LogP contribution in [0.1, 0.15) is 31.4 Å². The quantitative estimate of drug-likeness (QED) is 0.508. The predicted octanol–water partition coefficient (Wildman–Crippen LogP) is 3.67. The van der Waals surface area contributed by atoms with E-state index in [0.29, 0.717) is 23.1 Å². The van der Waals surface area contributed by atoms with Gasteiger partial charge >= 0.3 is 5.97 Å². The van der Waals surface area contributed by atoms with Crippen molar-refractivity contribution in [1.29, 1.82) is 0 Å². The van der Waals surface area contributed by atoms with E-state index in [2.05, 4.69) is 31.1 Å². The lowest BCUT2D eigenvalue weighted by Gasteiger charge is -2.04. The van der Waals surface area contributed by atoms with Gasteiger partial charge in [0.1, 0.15) is 5.82 Å². The normalized spacial score (nSPS) is 15.2. The van der Waals surface area contributed by atoms with Gasteiger partial charge in [-0.2, -0.15) is 4.98 Å². The Morgan fingerprint density at radius 1 is 1.23 bits per heavy atom. The number of carboxylic acids is 1. The van der Waals surface area contributed by atoms with Gasteiger partial charge in [0.25, 0.3) is 5.89 Å². The molecule has 0 fully saturated rings. The van der Waals surface area contributed by atoms with E-state index in [-0.39, 0.29) is 18.2 Å². The monoisotopic (exact) mass is 417 g/mol. The fraction of sp³-hybridized carbons (Fsp3) is 0.227. The minimum absolute atomic E-state index is 0.0399. The number of anilines is 1. The number of hydrogen-bond donors (Lipinski definition) is 2. The Labute approximate surface area is 176 Å². The molecule has 4 aromatic rings. The summed E-state index contributed by atoms with van der Waals surface area (Å²) >= 11 is 0. The first-order valence-electron chi connectivity index (χ1n) is 9.91. The zero-order valence-electron chi connectivity index (χ0n) is 16.7. The second kappa shape index (κ2) is 7.35. The third-order valence-electron chi connectivity index (χ3n) is 5.47. The Hall–Kier alpha value is -4.01. The smallest absolute Gasteiger partial charge is 0.304 e. The predicted molar refractivity (Wildman–Crippen MR) is 112 cm³/mol. The fourth-order valence-electron chi connectivity index (χ4n) is 4.10. The van der Waals surface area contributed by atoms with Gasteiger partial charge < -0.3 is 19.5 Å². The molecule has 9 heteroatoms. The van der Waals surface area contributed by atoms with Crippen LogP contribution in [-0.2, 0) is 16.1 Å². The Balaban J connectivity index is 1.42. The van der Waals surface area contributed by atoms with Gasteiger partial charge in [0, 0.05) is 47.7 Å². The Bertz CT molecular complexity index is 1310. The largest absolute Gasteiger partial charge is 0.481 e. The van der Waals surface area contributed by atoms with Crippen LogP contribution in [0.4, 0.5) is 5.82 Å². The van der Waals surface area contributed by atoms with Crippen molar-refractivity contribution < 1.29 is 19.2 Å². The van der Waals surface area contributed by atoms with Crippen molar-refractivity contribution >= 4 is 28.6 Å². The first-order valence-corrected chi connectivity index (χ1v) is 9.91. The molecule has 0 saturated carbocycles. The van der Waals surface area contributed by atoms with E-state index in [4.69, 9.17) is 9.63 Å². The average molecular weight is 417 g/mol. The van der Waals surface area contributed by atoms with E-state index >= 15 is 0 Å². The highest BCUT2D eigenvalue weighted by Gasteiger charge is 2.27. The summed E-state index contributed by atoms with van der Waals surface area (Å²) in [5.41, 5.74) is 3.60. The van der Waals surface area contributed by atoms with Crippen LogP contribution in [0.5, 0.6) is 0 Å². The number of aryl methyl sites for hydroxylation is 1. The molecular formula is C22H19N5O4. The van der Waals surface area contributed by atoms with Crippen LogP contribution in [0.25, 0.3) is 33.7 Å². The summed E-state index contributed by atoms with van der Waals surface area (Å²) in [6.07, 6.45) is 2.56. The van der Waals surface area contributed by atoms with Crippen LogP contribution in [-0.4, -0.2) is 36.7 Å². The number of nitrogens with one attached hydrogen (secondary N) is 1. The summed E-state index contributed by atoms with van der Waals surface area (Å²) in [6.45, 7) is 2.24. The van der Waals surface area contributed by atoms with Crippen LogP contribution in [0.3, 0.4) is 0 Å². The maximum Gasteiger partial charge on any atom is 0.304 e. The van der Waals surface area contributed by atoms with Crippen molar-refractivity contribution in [3.63, 3.8) is 0 Å². The van der Waals surface area contributed by atoms with Gasteiger partial charge in [0.15, 0.2) is 0 Å². The third kappa shape index (κ3) is 3.54. The molecule has 1 atom stereocenters. The number of aliphatic carboxylic acids is 1. The molecule has 1 aliphatic rings. The van der Waals surface area contributed by atoms with Crippen molar-refractivity contribution in [2.24, 2.45) is 0 Å². The minimum Gasteiger partial charge on any atom is -0.481 e. The molecule has 0 spiro atoms. The number of benzene rings is 1. The molecule has 9 nitrogen and oxygen atoms in total. The number of carboxylic acid groups (broad SMARTS) is 1. The highest BCUT2D eigenvalue weighted by atomic mass is 16.5. The second-order valence-electron chi connectivity index (χ2n) is 7.61. The number of amides is 1. The lowest BCUT2D eigenvalue weighted by atomic mass is 10.0. The first kappa shape index (κ1) is 19.0. The van der Waals surface area contributed by atoms with Crippen LogP contribution < -0.4 is 5.32 Å². The summed E-state index contributed by atoms with van der Waals surface area (Å²) < 4.78 is 7.59. The number of carbonyl (C=O) groups excluding carboxylic acids is 1. The molecule has 0 radical (unpaired) electrons. The molecule has 5 rings (SSSR count). The molecule has 0 aliphatic carbocycles. The number of nitrogens with zero attached hydrogens (tertiary/aromatic N) is 4. The van der Waals surface area contributed by atoms with Crippen LogP contribution >= 0.6 is 0 Å². The number of hydrogen-bond acceptors (Lipinski definition) is 6. The summed E-state index contributed by atoms with van der Waals surface area (Å²) in [6, 6.07) is 11.4. The minimum atomic E-state index is -0.775. The maximum absolute atomic E-state index is 11.1. The van der Waals surface area contributed by atoms with Crippen molar-refractivity contribution in [3.05, 3.63) is 48.3 Å². The Morgan fingerprint density at radius 3 is 2.81 bits per heavy atom. The molecule has 1 amide bonds. The van der Waals surface area contributed by atoms with Crippen molar-refractivity contribution in [3.8, 4) is 22.8 Å². The van der Waals surface area contributed by atoms with Crippen LogP contribution in [0, 0.1) is 0 Å². The molecule has 1 aromatic carbocycles. The van der Waals surface area contributed by atoms with E-state index in [1.54, 1.807) is 18.3 Å². The molecule has 1 aliphatic heterocycles. The molecular weight excluding hydrogens is 398 g/mol. The van der Waals surface area contributed by atoms with Crippen LogP contribution in [0.15, 0.2) is 47.1 Å². The van der Waals surface area contributed by atoms with E-state index in [1.165, 1.54) is 6.92 Å². The summed E-state index contributed by atoms with van der Waals surface area (Å²) in [5, 5.41) is 16.9. The van der Waals surface area contributed by atoms with E-state index < -0.39 is 5.97 Å². The summed E-state index contributed by atoms with van der Waals surface area (Å²) in [5.74, 6) is 0.307. The number of carbonyl (C=O) groups is 2. The molecule has 2 N–H and O–H groups in total. The maximum atomic E-state index is 11.1. The van der Waals surface area contributed by atoms with Gasteiger partial charge in [0.2, 0.25) is 11.7 Å². The van der Waals surface area contributed by atoms with Gasteiger partial charge in [-0.3, -0.25) is 9.59 Å². The molecule has 31 heavy (non-hydrogen) atoms. The van der Waals surface area contributed by atoms with Gasteiger partial charge in [-0.1, -0.05) is 5.16 Å². The van der Waals surface area contributed by atoms with Gasteiger partial charge in [0.05, 0.1) is 12.0 Å². The van der Waals surface area contributed by atoms with Gasteiger partial charge in [-0.25, -0.2) is 4.98 Å². The van der Waals surface area contributed by atoms with Crippen molar-refractivity contribution in [2.45, 2.75) is 32.2 Å². The second-order valence-corrected chi connectivity index (χ2v) is 7.61. The topological polar surface area (TPSA) is 123 Å².